The van der Waals surface area contributed by atoms with Crippen LogP contribution in [0.2, 0.25) is 0 Å². The number of rotatable bonds is 9. The lowest BCUT2D eigenvalue weighted by Gasteiger charge is -2.37. The summed E-state index contributed by atoms with van der Waals surface area (Å²) in [5.41, 5.74) is 5.17. The van der Waals surface area contributed by atoms with E-state index in [1.54, 1.807) is 0 Å². The first-order valence-corrected chi connectivity index (χ1v) is 7.19. The average Bonchev–Trinajstić information content (AvgIpc) is 3.08. The molecule has 112 valence electrons. The zero-order chi connectivity index (χ0) is 14.6. The Balaban J connectivity index is 2.70. The average molecular weight is 270 g/mol. The fourth-order valence-corrected chi connectivity index (χ4v) is 2.61. The van der Waals surface area contributed by atoms with Crippen LogP contribution in [0, 0.1) is 5.92 Å². The van der Waals surface area contributed by atoms with E-state index in [1.807, 2.05) is 0 Å². The van der Waals surface area contributed by atoms with Crippen LogP contribution in [0.5, 0.6) is 0 Å². The Kier molecular flexibility index (Phi) is 5.77. The number of hydrogen-bond acceptors (Lipinski definition) is 4. The van der Waals surface area contributed by atoms with Gasteiger partial charge in [-0.15, -0.1) is 0 Å². The molecule has 0 aromatic heterocycles. The van der Waals surface area contributed by atoms with Gasteiger partial charge in [0.05, 0.1) is 0 Å². The molecule has 5 nitrogen and oxygen atoms in total. The lowest BCUT2D eigenvalue weighted by Crippen LogP contribution is -2.64. The Bertz CT molecular complexity index is 302. The van der Waals surface area contributed by atoms with Crippen LogP contribution in [0.15, 0.2) is 0 Å². The molecular weight excluding hydrogens is 240 g/mol. The Morgan fingerprint density at radius 1 is 1.32 bits per heavy atom. The van der Waals surface area contributed by atoms with Gasteiger partial charge >= 0.3 is 0 Å². The van der Waals surface area contributed by atoms with Crippen LogP contribution >= 0.6 is 0 Å². The molecule has 1 aliphatic rings. The first-order valence-electron chi connectivity index (χ1n) is 7.19. The fraction of sp³-hybridized carbons (Fsp3) is 0.929. The Labute approximate surface area is 117 Å². The van der Waals surface area contributed by atoms with E-state index in [0.717, 1.165) is 25.9 Å². The third-order valence-corrected chi connectivity index (χ3v) is 3.71. The molecule has 0 heterocycles. The number of nitrogens with two attached hydrogens (primary N) is 1. The van der Waals surface area contributed by atoms with Crippen molar-refractivity contribution < 1.29 is 4.79 Å². The van der Waals surface area contributed by atoms with Crippen LogP contribution in [-0.2, 0) is 4.79 Å². The highest BCUT2D eigenvalue weighted by Crippen LogP contribution is 2.40. The summed E-state index contributed by atoms with van der Waals surface area (Å²) < 4.78 is 0. The van der Waals surface area contributed by atoms with Gasteiger partial charge in [0.25, 0.3) is 0 Å². The third kappa shape index (κ3) is 4.75. The minimum atomic E-state index is -0.560. The van der Waals surface area contributed by atoms with E-state index in [9.17, 15) is 4.79 Å². The highest BCUT2D eigenvalue weighted by atomic mass is 16.1. The molecule has 5 heteroatoms. The van der Waals surface area contributed by atoms with Crippen LogP contribution < -0.4 is 11.1 Å². The number of nitrogens with one attached hydrogen (secondary N) is 1. The number of primary amides is 1. The lowest BCUT2D eigenvalue weighted by atomic mass is 9.90. The molecule has 0 aromatic carbocycles. The largest absolute Gasteiger partial charge is 0.368 e. The maximum absolute atomic E-state index is 12.0. The van der Waals surface area contributed by atoms with Gasteiger partial charge in [0.2, 0.25) is 5.91 Å². The Morgan fingerprint density at radius 2 is 1.89 bits per heavy atom. The van der Waals surface area contributed by atoms with Crippen molar-refractivity contribution in [2.24, 2.45) is 11.7 Å². The molecule has 19 heavy (non-hydrogen) atoms. The number of likely N-dealkylation sites (N-methyl/N-ethyl adjacent to an activating group) is 2. The number of hydrogen-bond donors (Lipinski definition) is 2. The van der Waals surface area contributed by atoms with Crippen molar-refractivity contribution >= 4 is 5.91 Å². The van der Waals surface area contributed by atoms with Crippen LogP contribution in [-0.4, -0.2) is 68.1 Å². The maximum Gasteiger partial charge on any atom is 0.239 e. The third-order valence-electron chi connectivity index (χ3n) is 3.71. The van der Waals surface area contributed by atoms with E-state index in [1.165, 1.54) is 0 Å². The second-order valence-corrected chi connectivity index (χ2v) is 6.45. The van der Waals surface area contributed by atoms with Crippen molar-refractivity contribution in [3.05, 3.63) is 0 Å². The van der Waals surface area contributed by atoms with Gasteiger partial charge in [-0.1, -0.05) is 0 Å². The van der Waals surface area contributed by atoms with E-state index >= 15 is 0 Å². The molecule has 0 radical (unpaired) electrons. The Hall–Kier alpha value is -0.650. The van der Waals surface area contributed by atoms with Crippen molar-refractivity contribution in [1.82, 2.24) is 15.1 Å². The van der Waals surface area contributed by atoms with Gasteiger partial charge in [-0.05, 0) is 53.8 Å². The molecule has 1 saturated carbocycles. The number of nitrogens with zero attached hydrogens (tertiary/aromatic N) is 2. The van der Waals surface area contributed by atoms with Crippen molar-refractivity contribution in [2.45, 2.75) is 38.3 Å². The standard InChI is InChI=1S/C14H30N4O/c1-11(2)16-14(13(15)19,12-6-7-12)10-18(5)9-8-17(3)4/h11-12,16H,6-10H2,1-5H3,(H2,15,19). The van der Waals surface area contributed by atoms with E-state index in [0.29, 0.717) is 12.5 Å². The summed E-state index contributed by atoms with van der Waals surface area (Å²) in [6.07, 6.45) is 2.20. The lowest BCUT2D eigenvalue weighted by molar-refractivity contribution is -0.126. The van der Waals surface area contributed by atoms with Crippen LogP contribution in [0.1, 0.15) is 26.7 Å². The molecule has 0 spiro atoms. The molecule has 0 aliphatic heterocycles. The van der Waals surface area contributed by atoms with Gasteiger partial charge < -0.3 is 15.5 Å². The quantitative estimate of drug-likeness (QED) is 0.624. The van der Waals surface area contributed by atoms with Gasteiger partial charge in [-0.3, -0.25) is 10.1 Å². The summed E-state index contributed by atoms with van der Waals surface area (Å²) in [6.45, 7) is 6.75. The van der Waals surface area contributed by atoms with Gasteiger partial charge in [-0.2, -0.15) is 0 Å². The molecule has 1 amide bonds. The molecule has 0 saturated heterocycles. The van der Waals surface area contributed by atoms with Gasteiger partial charge in [-0.25, -0.2) is 0 Å². The summed E-state index contributed by atoms with van der Waals surface area (Å²) in [7, 11) is 6.18. The van der Waals surface area contributed by atoms with Crippen LogP contribution in [0.3, 0.4) is 0 Å². The minimum absolute atomic E-state index is 0.208. The van der Waals surface area contributed by atoms with Gasteiger partial charge in [0.15, 0.2) is 0 Å². The second kappa shape index (κ2) is 6.68. The summed E-state index contributed by atoms with van der Waals surface area (Å²) in [6, 6.07) is 0.260. The number of carbonyl (C=O) groups excluding carboxylic acids is 1. The van der Waals surface area contributed by atoms with E-state index in [2.05, 4.69) is 50.1 Å². The monoisotopic (exact) mass is 270 g/mol. The molecule has 0 bridgehead atoms. The fourth-order valence-electron chi connectivity index (χ4n) is 2.61. The maximum atomic E-state index is 12.0. The predicted octanol–water partition coefficient (Wildman–Crippen LogP) is 0.112. The van der Waals surface area contributed by atoms with Crippen molar-refractivity contribution in [2.75, 3.05) is 40.8 Å². The van der Waals surface area contributed by atoms with Crippen LogP contribution in [0.25, 0.3) is 0 Å². The molecule has 1 atom stereocenters. The number of carbonyl (C=O) groups is 1. The zero-order valence-electron chi connectivity index (χ0n) is 13.1. The normalized spacial score (nSPS) is 19.2. The molecular formula is C14H30N4O. The van der Waals surface area contributed by atoms with Crippen molar-refractivity contribution in [1.29, 1.82) is 0 Å². The van der Waals surface area contributed by atoms with E-state index in [4.69, 9.17) is 5.73 Å². The molecule has 1 aliphatic carbocycles. The first kappa shape index (κ1) is 16.4. The summed E-state index contributed by atoms with van der Waals surface area (Å²) in [5, 5.41) is 3.44. The van der Waals surface area contributed by atoms with E-state index < -0.39 is 5.54 Å². The summed E-state index contributed by atoms with van der Waals surface area (Å²) in [4.78, 5) is 16.4. The molecule has 1 fully saturated rings. The molecule has 1 rings (SSSR count). The summed E-state index contributed by atoms with van der Waals surface area (Å²) in [5.74, 6) is 0.189. The molecule has 1 unspecified atom stereocenters. The van der Waals surface area contributed by atoms with Crippen molar-refractivity contribution in [3.8, 4) is 0 Å². The SMILES string of the molecule is CC(C)NC(CN(C)CCN(C)C)(C(N)=O)C1CC1. The second-order valence-electron chi connectivity index (χ2n) is 6.45. The highest BCUT2D eigenvalue weighted by molar-refractivity contribution is 5.86. The summed E-state index contributed by atoms with van der Waals surface area (Å²) >= 11 is 0. The minimum Gasteiger partial charge on any atom is -0.368 e. The molecule has 0 aromatic rings. The van der Waals surface area contributed by atoms with E-state index in [-0.39, 0.29) is 11.9 Å². The van der Waals surface area contributed by atoms with Gasteiger partial charge in [0.1, 0.15) is 5.54 Å². The Morgan fingerprint density at radius 3 is 2.26 bits per heavy atom. The van der Waals surface area contributed by atoms with Gasteiger partial charge in [0, 0.05) is 25.7 Å². The topological polar surface area (TPSA) is 61.6 Å². The number of amides is 1. The molecule has 3 N–H and O–H groups in total. The highest BCUT2D eigenvalue weighted by Gasteiger charge is 2.50. The predicted molar refractivity (Wildman–Crippen MR) is 79.0 cm³/mol. The van der Waals surface area contributed by atoms with Crippen LogP contribution in [0.4, 0.5) is 0 Å². The zero-order valence-corrected chi connectivity index (χ0v) is 13.1. The van der Waals surface area contributed by atoms with Crippen molar-refractivity contribution in [3.63, 3.8) is 0 Å². The smallest absolute Gasteiger partial charge is 0.239 e. The first-order chi connectivity index (χ1) is 8.78.